The van der Waals surface area contributed by atoms with Crippen LogP contribution < -0.4 is 16.8 Å². The van der Waals surface area contributed by atoms with Crippen molar-refractivity contribution in [2.75, 3.05) is 0 Å². The zero-order valence-electron chi connectivity index (χ0n) is 8.12. The molecule has 2 amide bonds. The predicted octanol–water partition coefficient (Wildman–Crippen LogP) is 0.749. The summed E-state index contributed by atoms with van der Waals surface area (Å²) >= 11 is 0. The number of primary amides is 1. The SMILES string of the molecule is Cc1c(F)cccc1N=C(N)NC(N)=O. The Kier molecular flexibility index (Phi) is 3.22. The summed E-state index contributed by atoms with van der Waals surface area (Å²) < 4.78 is 13.1. The van der Waals surface area contributed by atoms with E-state index in [9.17, 15) is 9.18 Å². The maximum absolute atomic E-state index is 13.1. The van der Waals surface area contributed by atoms with E-state index in [0.717, 1.165) is 0 Å². The number of nitrogens with two attached hydrogens (primary N) is 2. The topological polar surface area (TPSA) is 93.5 Å². The Bertz CT molecular complexity index is 417. The van der Waals surface area contributed by atoms with E-state index in [1.54, 1.807) is 13.0 Å². The molecule has 0 radical (unpaired) electrons. The highest BCUT2D eigenvalue weighted by molar-refractivity contribution is 5.95. The van der Waals surface area contributed by atoms with Gasteiger partial charge in [0.2, 0.25) is 5.96 Å². The Balaban J connectivity index is 2.97. The standard InChI is InChI=1S/C9H11FN4O/c1-5-6(10)3-2-4-7(5)13-8(11)14-9(12)15/h2-4H,1H3,(H5,11,12,13,14,15). The van der Waals surface area contributed by atoms with Gasteiger partial charge < -0.3 is 11.5 Å². The van der Waals surface area contributed by atoms with Gasteiger partial charge in [0, 0.05) is 5.56 Å². The monoisotopic (exact) mass is 210 g/mol. The molecule has 0 aliphatic heterocycles. The molecule has 0 bridgehead atoms. The molecule has 5 nitrogen and oxygen atoms in total. The van der Waals surface area contributed by atoms with Crippen molar-refractivity contribution in [2.24, 2.45) is 16.5 Å². The minimum atomic E-state index is -0.815. The molecule has 80 valence electrons. The number of amides is 2. The van der Waals surface area contributed by atoms with Crippen LogP contribution in [0.2, 0.25) is 0 Å². The molecule has 0 aliphatic rings. The number of carbonyl (C=O) groups is 1. The maximum Gasteiger partial charge on any atom is 0.318 e. The molecule has 0 atom stereocenters. The van der Waals surface area contributed by atoms with Crippen LogP contribution in [0, 0.1) is 12.7 Å². The van der Waals surface area contributed by atoms with Gasteiger partial charge in [-0.3, -0.25) is 5.32 Å². The highest BCUT2D eigenvalue weighted by Gasteiger charge is 2.03. The summed E-state index contributed by atoms with van der Waals surface area (Å²) in [7, 11) is 0. The Morgan fingerprint density at radius 3 is 2.73 bits per heavy atom. The van der Waals surface area contributed by atoms with Gasteiger partial charge >= 0.3 is 6.03 Å². The van der Waals surface area contributed by atoms with E-state index in [2.05, 4.69) is 10.3 Å². The number of hydrogen-bond acceptors (Lipinski definition) is 2. The van der Waals surface area contributed by atoms with Crippen LogP contribution in [0.4, 0.5) is 14.9 Å². The summed E-state index contributed by atoms with van der Waals surface area (Å²) in [5.74, 6) is -0.556. The number of guanidine groups is 1. The molecule has 0 unspecified atom stereocenters. The number of nitrogens with one attached hydrogen (secondary N) is 1. The van der Waals surface area contributed by atoms with Crippen LogP contribution in [0.25, 0.3) is 0 Å². The largest absolute Gasteiger partial charge is 0.369 e. The van der Waals surface area contributed by atoms with E-state index in [0.29, 0.717) is 11.3 Å². The molecular formula is C9H11FN4O. The fraction of sp³-hybridized carbons (Fsp3) is 0.111. The van der Waals surface area contributed by atoms with Crippen LogP contribution in [0.1, 0.15) is 5.56 Å². The van der Waals surface area contributed by atoms with Gasteiger partial charge in [-0.25, -0.2) is 14.2 Å². The van der Waals surface area contributed by atoms with Gasteiger partial charge in [0.25, 0.3) is 0 Å². The van der Waals surface area contributed by atoms with Crippen LogP contribution in [0.15, 0.2) is 23.2 Å². The Morgan fingerprint density at radius 2 is 2.13 bits per heavy atom. The van der Waals surface area contributed by atoms with Crippen LogP contribution in [0.3, 0.4) is 0 Å². The molecule has 0 heterocycles. The second-order valence-corrected chi connectivity index (χ2v) is 2.87. The summed E-state index contributed by atoms with van der Waals surface area (Å²) in [6, 6.07) is 3.57. The van der Waals surface area contributed by atoms with E-state index >= 15 is 0 Å². The van der Waals surface area contributed by atoms with Crippen LogP contribution in [-0.2, 0) is 0 Å². The van der Waals surface area contributed by atoms with E-state index in [-0.39, 0.29) is 11.8 Å². The fourth-order valence-electron chi connectivity index (χ4n) is 1.00. The lowest BCUT2D eigenvalue weighted by Gasteiger charge is -2.03. The van der Waals surface area contributed by atoms with E-state index < -0.39 is 6.03 Å². The van der Waals surface area contributed by atoms with Gasteiger partial charge in [0.15, 0.2) is 0 Å². The van der Waals surface area contributed by atoms with Crippen molar-refractivity contribution in [3.05, 3.63) is 29.6 Å². The van der Waals surface area contributed by atoms with Crippen LogP contribution in [0.5, 0.6) is 0 Å². The molecule has 1 rings (SSSR count). The molecule has 5 N–H and O–H groups in total. The van der Waals surface area contributed by atoms with Crippen molar-refractivity contribution in [3.8, 4) is 0 Å². The molecule has 0 spiro atoms. The average molecular weight is 210 g/mol. The zero-order valence-corrected chi connectivity index (χ0v) is 8.12. The second kappa shape index (κ2) is 4.41. The van der Waals surface area contributed by atoms with Gasteiger partial charge in [0.05, 0.1) is 5.69 Å². The fourth-order valence-corrected chi connectivity index (χ4v) is 1.00. The van der Waals surface area contributed by atoms with Crippen LogP contribution >= 0.6 is 0 Å². The third-order valence-electron chi connectivity index (χ3n) is 1.73. The first-order valence-corrected chi connectivity index (χ1v) is 4.16. The molecule has 6 heteroatoms. The third-order valence-corrected chi connectivity index (χ3v) is 1.73. The first kappa shape index (κ1) is 11.0. The highest BCUT2D eigenvalue weighted by Crippen LogP contribution is 2.20. The summed E-state index contributed by atoms with van der Waals surface area (Å²) in [5, 5.41) is 2.08. The van der Waals surface area contributed by atoms with Gasteiger partial charge in [-0.2, -0.15) is 0 Å². The van der Waals surface area contributed by atoms with Crippen molar-refractivity contribution in [2.45, 2.75) is 6.92 Å². The second-order valence-electron chi connectivity index (χ2n) is 2.87. The Morgan fingerprint density at radius 1 is 1.47 bits per heavy atom. The number of benzene rings is 1. The molecular weight excluding hydrogens is 199 g/mol. The number of nitrogens with zero attached hydrogens (tertiary/aromatic N) is 1. The maximum atomic E-state index is 13.1. The molecule has 0 saturated carbocycles. The summed E-state index contributed by atoms with van der Waals surface area (Å²) in [5.41, 5.74) is 10.9. The van der Waals surface area contributed by atoms with E-state index in [1.807, 2.05) is 0 Å². The average Bonchev–Trinajstić information content (AvgIpc) is 2.11. The zero-order chi connectivity index (χ0) is 11.4. The lowest BCUT2D eigenvalue weighted by Crippen LogP contribution is -2.39. The van der Waals surface area contributed by atoms with Gasteiger partial charge in [-0.05, 0) is 19.1 Å². The number of halogens is 1. The summed E-state index contributed by atoms with van der Waals surface area (Å²) in [6.07, 6.45) is 0. The lowest BCUT2D eigenvalue weighted by atomic mass is 10.2. The Hall–Kier alpha value is -2.11. The molecule has 1 aromatic carbocycles. The quantitative estimate of drug-likeness (QED) is 0.471. The number of rotatable bonds is 1. The van der Waals surface area contributed by atoms with Crippen LogP contribution in [-0.4, -0.2) is 12.0 Å². The first-order chi connectivity index (χ1) is 7.00. The molecule has 0 aliphatic carbocycles. The molecule has 15 heavy (non-hydrogen) atoms. The minimum absolute atomic E-state index is 0.170. The number of hydrogen-bond donors (Lipinski definition) is 3. The van der Waals surface area contributed by atoms with Crippen molar-refractivity contribution < 1.29 is 9.18 Å². The number of carbonyl (C=O) groups excluding carboxylic acids is 1. The minimum Gasteiger partial charge on any atom is -0.369 e. The lowest BCUT2D eigenvalue weighted by molar-refractivity contribution is 0.253. The summed E-state index contributed by atoms with van der Waals surface area (Å²) in [6.45, 7) is 1.56. The Labute approximate surface area is 86.0 Å². The number of urea groups is 1. The van der Waals surface area contributed by atoms with E-state index in [4.69, 9.17) is 11.5 Å². The first-order valence-electron chi connectivity index (χ1n) is 4.16. The molecule has 0 aromatic heterocycles. The van der Waals surface area contributed by atoms with Crippen molar-refractivity contribution in [1.29, 1.82) is 0 Å². The third kappa shape index (κ3) is 2.94. The molecule has 1 aromatic rings. The van der Waals surface area contributed by atoms with Crippen molar-refractivity contribution in [3.63, 3.8) is 0 Å². The highest BCUT2D eigenvalue weighted by atomic mass is 19.1. The predicted molar refractivity (Wildman–Crippen MR) is 55.1 cm³/mol. The van der Waals surface area contributed by atoms with Gasteiger partial charge in [-0.15, -0.1) is 0 Å². The smallest absolute Gasteiger partial charge is 0.318 e. The summed E-state index contributed by atoms with van der Waals surface area (Å²) in [4.78, 5) is 14.2. The normalized spacial score (nSPS) is 11.2. The van der Waals surface area contributed by atoms with Crippen molar-refractivity contribution >= 4 is 17.7 Å². The molecule has 0 fully saturated rings. The van der Waals surface area contributed by atoms with Crippen molar-refractivity contribution in [1.82, 2.24) is 5.32 Å². The van der Waals surface area contributed by atoms with Gasteiger partial charge in [0.1, 0.15) is 5.82 Å². The number of aliphatic imine (C=N–C) groups is 1. The van der Waals surface area contributed by atoms with E-state index in [1.165, 1.54) is 12.1 Å². The molecule has 0 saturated heterocycles. The van der Waals surface area contributed by atoms with Gasteiger partial charge in [-0.1, -0.05) is 6.07 Å².